The fourth-order valence-corrected chi connectivity index (χ4v) is 2.92. The first kappa shape index (κ1) is 17.0. The lowest BCUT2D eigenvalue weighted by atomic mass is 9.96. The number of carbonyl (C=O) groups excluding carboxylic acids is 1. The summed E-state index contributed by atoms with van der Waals surface area (Å²) < 4.78 is 5.68. The van der Waals surface area contributed by atoms with E-state index >= 15 is 0 Å². The van der Waals surface area contributed by atoms with E-state index in [0.717, 1.165) is 16.3 Å². The largest absolute Gasteiger partial charge is 0.484 e. The van der Waals surface area contributed by atoms with Crippen molar-refractivity contribution in [3.05, 3.63) is 78.4 Å². The molecule has 3 nitrogen and oxygen atoms in total. The molecule has 25 heavy (non-hydrogen) atoms. The monoisotopic (exact) mass is 333 g/mol. The molecule has 3 aromatic carbocycles. The van der Waals surface area contributed by atoms with Crippen molar-refractivity contribution in [2.75, 3.05) is 6.61 Å². The highest BCUT2D eigenvalue weighted by Gasteiger charge is 2.18. The molecular formula is C22H23NO2. The minimum absolute atomic E-state index is 0.00833. The molecule has 0 aliphatic rings. The third-order valence-electron chi connectivity index (χ3n) is 4.23. The minimum Gasteiger partial charge on any atom is -0.484 e. The molecule has 3 heteroatoms. The number of benzene rings is 3. The topological polar surface area (TPSA) is 38.3 Å². The van der Waals surface area contributed by atoms with E-state index in [2.05, 4.69) is 25.2 Å². The van der Waals surface area contributed by atoms with Crippen LogP contribution in [-0.4, -0.2) is 12.5 Å². The van der Waals surface area contributed by atoms with Gasteiger partial charge in [0.25, 0.3) is 5.91 Å². The maximum Gasteiger partial charge on any atom is 0.258 e. The first-order chi connectivity index (χ1) is 12.1. The van der Waals surface area contributed by atoms with E-state index < -0.39 is 0 Å². The zero-order valence-corrected chi connectivity index (χ0v) is 14.6. The molecule has 0 aliphatic carbocycles. The number of hydrogen-bond donors (Lipinski definition) is 1. The van der Waals surface area contributed by atoms with Crippen LogP contribution in [0.3, 0.4) is 0 Å². The quantitative estimate of drug-likeness (QED) is 0.708. The van der Waals surface area contributed by atoms with Crippen LogP contribution in [-0.2, 0) is 4.79 Å². The van der Waals surface area contributed by atoms with Gasteiger partial charge in [-0.2, -0.15) is 0 Å². The zero-order valence-electron chi connectivity index (χ0n) is 14.6. The maximum absolute atomic E-state index is 12.3. The number of nitrogens with one attached hydrogen (secondary N) is 1. The van der Waals surface area contributed by atoms with Crippen LogP contribution in [0.2, 0.25) is 0 Å². The van der Waals surface area contributed by atoms with Crippen LogP contribution in [0.25, 0.3) is 10.8 Å². The molecule has 0 saturated carbocycles. The van der Waals surface area contributed by atoms with Crippen molar-refractivity contribution in [2.24, 2.45) is 5.92 Å². The summed E-state index contributed by atoms with van der Waals surface area (Å²) in [6, 6.07) is 24.0. The normalized spacial score (nSPS) is 12.1. The summed E-state index contributed by atoms with van der Waals surface area (Å²) in [5.74, 6) is 0.886. The van der Waals surface area contributed by atoms with Crippen LogP contribution in [0, 0.1) is 5.92 Å². The molecule has 1 amide bonds. The molecule has 0 radical (unpaired) electrons. The second kappa shape index (κ2) is 7.84. The van der Waals surface area contributed by atoms with Gasteiger partial charge in [0.1, 0.15) is 5.75 Å². The van der Waals surface area contributed by atoms with Crippen LogP contribution < -0.4 is 10.1 Å². The third kappa shape index (κ3) is 4.38. The smallest absolute Gasteiger partial charge is 0.258 e. The SMILES string of the molecule is CC(C)[C@@H](NC(=O)COc1ccc2ccccc2c1)c1ccccc1. The Labute approximate surface area is 148 Å². The van der Waals surface area contributed by atoms with Crippen LogP contribution >= 0.6 is 0 Å². The van der Waals surface area contributed by atoms with Gasteiger partial charge in [-0.15, -0.1) is 0 Å². The highest BCUT2D eigenvalue weighted by atomic mass is 16.5. The Hall–Kier alpha value is -2.81. The molecule has 1 N–H and O–H groups in total. The number of ether oxygens (including phenoxy) is 1. The minimum atomic E-state index is -0.115. The van der Waals surface area contributed by atoms with Gasteiger partial charge in [-0.25, -0.2) is 0 Å². The molecular weight excluding hydrogens is 310 g/mol. The Morgan fingerprint density at radius 1 is 0.920 bits per heavy atom. The Morgan fingerprint density at radius 2 is 1.60 bits per heavy atom. The van der Waals surface area contributed by atoms with E-state index in [4.69, 9.17) is 4.74 Å². The molecule has 1 atom stereocenters. The fraction of sp³-hybridized carbons (Fsp3) is 0.227. The van der Waals surface area contributed by atoms with Gasteiger partial charge >= 0.3 is 0 Å². The summed E-state index contributed by atoms with van der Waals surface area (Å²) in [4.78, 5) is 12.3. The molecule has 3 aromatic rings. The molecule has 0 spiro atoms. The van der Waals surface area contributed by atoms with Crippen molar-refractivity contribution < 1.29 is 9.53 Å². The molecule has 3 rings (SSSR count). The third-order valence-corrected chi connectivity index (χ3v) is 4.23. The molecule has 0 unspecified atom stereocenters. The van der Waals surface area contributed by atoms with Crippen molar-refractivity contribution in [1.29, 1.82) is 0 Å². The summed E-state index contributed by atoms with van der Waals surface area (Å²) in [6.07, 6.45) is 0. The van der Waals surface area contributed by atoms with Crippen molar-refractivity contribution in [3.63, 3.8) is 0 Å². The van der Waals surface area contributed by atoms with Gasteiger partial charge in [0.05, 0.1) is 6.04 Å². The summed E-state index contributed by atoms with van der Waals surface area (Å²) in [6.45, 7) is 4.21. The first-order valence-electron chi connectivity index (χ1n) is 8.59. The predicted molar refractivity (Wildman–Crippen MR) is 102 cm³/mol. The molecule has 0 heterocycles. The summed E-state index contributed by atoms with van der Waals surface area (Å²) in [5, 5.41) is 5.33. The van der Waals surface area contributed by atoms with Crippen LogP contribution in [0.5, 0.6) is 5.75 Å². The standard InChI is InChI=1S/C22H23NO2/c1-16(2)22(18-9-4-3-5-10-18)23-21(24)15-25-20-13-12-17-8-6-7-11-19(17)14-20/h3-14,16,22H,15H2,1-2H3,(H,23,24)/t22-/m1/s1. The van der Waals surface area contributed by atoms with Crippen LogP contribution in [0.4, 0.5) is 0 Å². The van der Waals surface area contributed by atoms with E-state index in [-0.39, 0.29) is 18.6 Å². The average molecular weight is 333 g/mol. The Kier molecular flexibility index (Phi) is 5.34. The predicted octanol–water partition coefficient (Wildman–Crippen LogP) is 4.73. The molecule has 128 valence electrons. The van der Waals surface area contributed by atoms with Crippen LogP contribution in [0.1, 0.15) is 25.5 Å². The van der Waals surface area contributed by atoms with Gasteiger partial charge in [0.2, 0.25) is 0 Å². The van der Waals surface area contributed by atoms with Gasteiger partial charge in [-0.1, -0.05) is 74.5 Å². The number of hydrogen-bond acceptors (Lipinski definition) is 2. The van der Waals surface area contributed by atoms with E-state index in [1.807, 2.05) is 66.7 Å². The molecule has 0 fully saturated rings. The number of amides is 1. The van der Waals surface area contributed by atoms with Gasteiger partial charge in [-0.3, -0.25) is 4.79 Å². The van der Waals surface area contributed by atoms with Crippen molar-refractivity contribution in [2.45, 2.75) is 19.9 Å². The van der Waals surface area contributed by atoms with Crippen molar-refractivity contribution in [1.82, 2.24) is 5.32 Å². The van der Waals surface area contributed by atoms with E-state index in [1.54, 1.807) is 0 Å². The highest BCUT2D eigenvalue weighted by Crippen LogP contribution is 2.22. The molecule has 0 aromatic heterocycles. The summed E-state index contributed by atoms with van der Waals surface area (Å²) in [5.41, 5.74) is 1.11. The molecule has 0 bridgehead atoms. The lowest BCUT2D eigenvalue weighted by Gasteiger charge is -2.23. The Morgan fingerprint density at radius 3 is 2.32 bits per heavy atom. The Balaban J connectivity index is 1.63. The van der Waals surface area contributed by atoms with Gasteiger partial charge in [0.15, 0.2) is 6.61 Å². The second-order valence-corrected chi connectivity index (χ2v) is 6.50. The van der Waals surface area contributed by atoms with Gasteiger partial charge < -0.3 is 10.1 Å². The molecule has 0 saturated heterocycles. The van der Waals surface area contributed by atoms with Crippen molar-refractivity contribution in [3.8, 4) is 5.75 Å². The summed E-state index contributed by atoms with van der Waals surface area (Å²) in [7, 11) is 0. The fourth-order valence-electron chi connectivity index (χ4n) is 2.92. The van der Waals surface area contributed by atoms with Crippen molar-refractivity contribution >= 4 is 16.7 Å². The van der Waals surface area contributed by atoms with Gasteiger partial charge in [-0.05, 0) is 34.4 Å². The van der Waals surface area contributed by atoms with Gasteiger partial charge in [0, 0.05) is 0 Å². The number of carbonyl (C=O) groups is 1. The van der Waals surface area contributed by atoms with Crippen LogP contribution in [0.15, 0.2) is 72.8 Å². The van der Waals surface area contributed by atoms with E-state index in [0.29, 0.717) is 11.7 Å². The maximum atomic E-state index is 12.3. The number of fused-ring (bicyclic) bond motifs is 1. The summed E-state index contributed by atoms with van der Waals surface area (Å²) >= 11 is 0. The van der Waals surface area contributed by atoms with E-state index in [1.165, 1.54) is 0 Å². The highest BCUT2D eigenvalue weighted by molar-refractivity contribution is 5.84. The lowest BCUT2D eigenvalue weighted by Crippen LogP contribution is -2.35. The molecule has 0 aliphatic heterocycles. The Bertz CT molecular complexity index is 843. The lowest BCUT2D eigenvalue weighted by molar-refractivity contribution is -0.124. The number of rotatable bonds is 6. The van der Waals surface area contributed by atoms with E-state index in [9.17, 15) is 4.79 Å². The first-order valence-corrected chi connectivity index (χ1v) is 8.59. The second-order valence-electron chi connectivity index (χ2n) is 6.50. The zero-order chi connectivity index (χ0) is 17.6. The average Bonchev–Trinajstić information content (AvgIpc) is 2.64.